The molecule has 1 aromatic heterocycles. The van der Waals surface area contributed by atoms with Gasteiger partial charge in [0.1, 0.15) is 5.82 Å². The Morgan fingerprint density at radius 2 is 2.36 bits per heavy atom. The van der Waals surface area contributed by atoms with Crippen molar-refractivity contribution in [3.63, 3.8) is 0 Å². The first kappa shape index (κ1) is 9.71. The Kier molecular flexibility index (Phi) is 2.87. The highest BCUT2D eigenvalue weighted by Crippen LogP contribution is 2.18. The van der Waals surface area contributed by atoms with Crippen LogP contribution < -0.4 is 5.32 Å². The van der Waals surface area contributed by atoms with Crippen molar-refractivity contribution < 1.29 is 0 Å². The second-order valence-electron chi connectivity index (χ2n) is 4.07. The maximum atomic E-state index is 4.42. The number of hydrogen-bond donors (Lipinski definition) is 1. The molecule has 1 aliphatic rings. The summed E-state index contributed by atoms with van der Waals surface area (Å²) >= 11 is 0. The molecular formula is C11H19N3. The van der Waals surface area contributed by atoms with Crippen molar-refractivity contribution in [1.82, 2.24) is 14.9 Å². The fourth-order valence-electron chi connectivity index (χ4n) is 1.93. The molecule has 78 valence electrons. The number of nitrogens with one attached hydrogen (secondary N) is 1. The molecule has 1 fully saturated rings. The van der Waals surface area contributed by atoms with Crippen molar-refractivity contribution in [1.29, 1.82) is 0 Å². The van der Waals surface area contributed by atoms with E-state index in [0.717, 1.165) is 19.1 Å². The monoisotopic (exact) mass is 193 g/mol. The van der Waals surface area contributed by atoms with Gasteiger partial charge in [0.25, 0.3) is 0 Å². The zero-order chi connectivity index (χ0) is 9.97. The fraction of sp³-hybridized carbons (Fsp3) is 0.727. The van der Waals surface area contributed by atoms with Crippen molar-refractivity contribution >= 4 is 0 Å². The third kappa shape index (κ3) is 1.82. The van der Waals surface area contributed by atoms with Gasteiger partial charge in [0, 0.05) is 24.5 Å². The lowest BCUT2D eigenvalue weighted by molar-refractivity contribution is 0.333. The quantitative estimate of drug-likeness (QED) is 0.791. The molecule has 1 saturated carbocycles. The Labute approximate surface area is 85.5 Å². The largest absolute Gasteiger partial charge is 0.332 e. The minimum atomic E-state index is 0.748. The average molecular weight is 193 g/mol. The molecule has 0 aliphatic heterocycles. The summed E-state index contributed by atoms with van der Waals surface area (Å²) in [5.74, 6) is 1.18. The zero-order valence-corrected chi connectivity index (χ0v) is 9.08. The van der Waals surface area contributed by atoms with Crippen LogP contribution in [0.5, 0.6) is 0 Å². The second-order valence-corrected chi connectivity index (χ2v) is 4.07. The van der Waals surface area contributed by atoms with Gasteiger partial charge >= 0.3 is 0 Å². The standard InChI is InChI=1S/C11H19N3/c1-3-14-9(2)7-13-11(14)8-12-10-5-4-6-10/h7,10,12H,3-6,8H2,1-2H3. The van der Waals surface area contributed by atoms with Gasteiger partial charge in [-0.3, -0.25) is 0 Å². The van der Waals surface area contributed by atoms with Crippen molar-refractivity contribution in [2.24, 2.45) is 0 Å². The van der Waals surface area contributed by atoms with Crippen LogP contribution in [0.25, 0.3) is 0 Å². The number of aromatic nitrogens is 2. The highest BCUT2D eigenvalue weighted by molar-refractivity contribution is 5.03. The molecule has 3 nitrogen and oxygen atoms in total. The molecule has 1 aromatic rings. The Bertz CT molecular complexity index is 299. The summed E-state index contributed by atoms with van der Waals surface area (Å²) in [7, 11) is 0. The highest BCUT2D eigenvalue weighted by atomic mass is 15.1. The van der Waals surface area contributed by atoms with Gasteiger partial charge in [-0.2, -0.15) is 0 Å². The van der Waals surface area contributed by atoms with Crippen LogP contribution in [0.2, 0.25) is 0 Å². The highest BCUT2D eigenvalue weighted by Gasteiger charge is 2.17. The molecule has 0 bridgehead atoms. The van der Waals surface area contributed by atoms with Gasteiger partial charge in [-0.05, 0) is 26.7 Å². The van der Waals surface area contributed by atoms with E-state index in [1.807, 2.05) is 6.20 Å². The van der Waals surface area contributed by atoms with Crippen LogP contribution in [0.15, 0.2) is 6.20 Å². The van der Waals surface area contributed by atoms with E-state index in [1.54, 1.807) is 0 Å². The summed E-state index contributed by atoms with van der Waals surface area (Å²) in [5, 5.41) is 3.54. The number of aryl methyl sites for hydroxylation is 1. The SMILES string of the molecule is CCn1c(C)cnc1CNC1CCC1. The van der Waals surface area contributed by atoms with Gasteiger partial charge < -0.3 is 9.88 Å². The minimum Gasteiger partial charge on any atom is -0.332 e. The van der Waals surface area contributed by atoms with Crippen molar-refractivity contribution in [3.8, 4) is 0 Å². The first-order valence-corrected chi connectivity index (χ1v) is 5.55. The molecule has 1 N–H and O–H groups in total. The lowest BCUT2D eigenvalue weighted by Gasteiger charge is -2.26. The third-order valence-corrected chi connectivity index (χ3v) is 3.11. The molecule has 0 amide bonds. The Morgan fingerprint density at radius 3 is 2.93 bits per heavy atom. The maximum absolute atomic E-state index is 4.42. The van der Waals surface area contributed by atoms with Crippen LogP contribution in [-0.2, 0) is 13.1 Å². The van der Waals surface area contributed by atoms with Crippen LogP contribution in [0, 0.1) is 6.92 Å². The molecule has 0 unspecified atom stereocenters. The summed E-state index contributed by atoms with van der Waals surface area (Å²) in [4.78, 5) is 4.42. The van der Waals surface area contributed by atoms with E-state index in [9.17, 15) is 0 Å². The van der Waals surface area contributed by atoms with Crippen molar-refractivity contribution in [2.75, 3.05) is 0 Å². The van der Waals surface area contributed by atoms with E-state index in [2.05, 4.69) is 28.7 Å². The predicted molar refractivity (Wildman–Crippen MR) is 57.1 cm³/mol. The van der Waals surface area contributed by atoms with E-state index in [1.165, 1.54) is 30.8 Å². The molecule has 1 aliphatic carbocycles. The van der Waals surface area contributed by atoms with Crippen LogP contribution in [0.1, 0.15) is 37.7 Å². The molecule has 3 heteroatoms. The molecule has 0 aromatic carbocycles. The molecule has 0 saturated heterocycles. The Hall–Kier alpha value is -0.830. The average Bonchev–Trinajstić information content (AvgIpc) is 2.44. The molecule has 2 rings (SSSR count). The Balaban J connectivity index is 1.93. The van der Waals surface area contributed by atoms with Crippen LogP contribution >= 0.6 is 0 Å². The van der Waals surface area contributed by atoms with E-state index in [4.69, 9.17) is 0 Å². The second kappa shape index (κ2) is 4.13. The molecular weight excluding hydrogens is 174 g/mol. The fourth-order valence-corrected chi connectivity index (χ4v) is 1.93. The van der Waals surface area contributed by atoms with Crippen LogP contribution in [-0.4, -0.2) is 15.6 Å². The van der Waals surface area contributed by atoms with Crippen LogP contribution in [0.4, 0.5) is 0 Å². The maximum Gasteiger partial charge on any atom is 0.122 e. The summed E-state index contributed by atoms with van der Waals surface area (Å²) in [5.41, 5.74) is 1.26. The summed E-state index contributed by atoms with van der Waals surface area (Å²) in [6.07, 6.45) is 6.03. The zero-order valence-electron chi connectivity index (χ0n) is 9.08. The molecule has 1 heterocycles. The molecule has 0 radical (unpaired) electrons. The first-order chi connectivity index (χ1) is 6.81. The lowest BCUT2D eigenvalue weighted by atomic mass is 9.93. The van der Waals surface area contributed by atoms with Gasteiger partial charge in [0.05, 0.1) is 6.54 Å². The van der Waals surface area contributed by atoms with Gasteiger partial charge in [-0.25, -0.2) is 4.98 Å². The van der Waals surface area contributed by atoms with Gasteiger partial charge in [0.2, 0.25) is 0 Å². The van der Waals surface area contributed by atoms with E-state index < -0.39 is 0 Å². The first-order valence-electron chi connectivity index (χ1n) is 5.55. The van der Waals surface area contributed by atoms with E-state index in [0.29, 0.717) is 0 Å². The topological polar surface area (TPSA) is 29.9 Å². The molecule has 14 heavy (non-hydrogen) atoms. The Morgan fingerprint density at radius 1 is 1.57 bits per heavy atom. The molecule has 0 atom stereocenters. The third-order valence-electron chi connectivity index (χ3n) is 3.11. The predicted octanol–water partition coefficient (Wildman–Crippen LogP) is 1.85. The number of rotatable bonds is 4. The minimum absolute atomic E-state index is 0.748. The smallest absolute Gasteiger partial charge is 0.122 e. The number of hydrogen-bond acceptors (Lipinski definition) is 2. The van der Waals surface area contributed by atoms with Crippen molar-refractivity contribution in [2.45, 2.75) is 52.2 Å². The van der Waals surface area contributed by atoms with Gasteiger partial charge in [-0.15, -0.1) is 0 Å². The van der Waals surface area contributed by atoms with E-state index >= 15 is 0 Å². The number of nitrogens with zero attached hydrogens (tertiary/aromatic N) is 2. The normalized spacial score (nSPS) is 17.0. The van der Waals surface area contributed by atoms with Crippen molar-refractivity contribution in [3.05, 3.63) is 17.7 Å². The summed E-state index contributed by atoms with van der Waals surface area (Å²) in [6, 6.07) is 0.748. The van der Waals surface area contributed by atoms with Crippen LogP contribution in [0.3, 0.4) is 0 Å². The number of imidazole rings is 1. The van der Waals surface area contributed by atoms with Gasteiger partial charge in [-0.1, -0.05) is 6.42 Å². The lowest BCUT2D eigenvalue weighted by Crippen LogP contribution is -2.35. The van der Waals surface area contributed by atoms with E-state index in [-0.39, 0.29) is 0 Å². The van der Waals surface area contributed by atoms with Gasteiger partial charge in [0.15, 0.2) is 0 Å². The summed E-state index contributed by atoms with van der Waals surface area (Å²) < 4.78 is 2.27. The molecule has 0 spiro atoms. The summed E-state index contributed by atoms with van der Waals surface area (Å²) in [6.45, 7) is 6.23.